The lowest BCUT2D eigenvalue weighted by Crippen LogP contribution is -2.33. The molecule has 0 aliphatic carbocycles. The second kappa shape index (κ2) is 8.19. The molecule has 0 bridgehead atoms. The van der Waals surface area contributed by atoms with Crippen LogP contribution in [0.25, 0.3) is 0 Å². The molecule has 0 unspecified atom stereocenters. The quantitative estimate of drug-likeness (QED) is 0.585. The minimum absolute atomic E-state index is 0.0816. The Kier molecular flexibility index (Phi) is 6.91. The Hall–Kier alpha value is -1.34. The molecule has 1 aromatic heterocycles. The average molecular weight is 311 g/mol. The monoisotopic (exact) mass is 311 g/mol. The highest BCUT2D eigenvalue weighted by molar-refractivity contribution is 7.99. The number of aromatic nitrogens is 3. The SMILES string of the molecule is C=C(C)CN(CC)C(=O)CSc1nnc(CN)n1C(C)C. The molecule has 2 N–H and O–H groups in total. The molecule has 6 nitrogen and oxygen atoms in total. The van der Waals surface area contributed by atoms with E-state index in [4.69, 9.17) is 5.73 Å². The second-order valence-electron chi connectivity index (χ2n) is 5.22. The maximum Gasteiger partial charge on any atom is 0.233 e. The first-order chi connectivity index (χ1) is 9.90. The highest BCUT2D eigenvalue weighted by Gasteiger charge is 2.17. The molecule has 0 radical (unpaired) electrons. The summed E-state index contributed by atoms with van der Waals surface area (Å²) < 4.78 is 1.98. The first kappa shape index (κ1) is 17.7. The summed E-state index contributed by atoms with van der Waals surface area (Å²) in [5, 5.41) is 8.95. The molecule has 0 aromatic carbocycles. The Morgan fingerprint density at radius 1 is 1.48 bits per heavy atom. The predicted octanol–water partition coefficient (Wildman–Crippen LogP) is 1.83. The molecule has 118 valence electrons. The van der Waals surface area contributed by atoms with Crippen LogP contribution < -0.4 is 5.73 Å². The van der Waals surface area contributed by atoms with Gasteiger partial charge in [0.2, 0.25) is 5.91 Å². The highest BCUT2D eigenvalue weighted by Crippen LogP contribution is 2.21. The summed E-state index contributed by atoms with van der Waals surface area (Å²) in [6.45, 7) is 13.5. The Morgan fingerprint density at radius 3 is 2.62 bits per heavy atom. The van der Waals surface area contributed by atoms with Gasteiger partial charge in [0.05, 0.1) is 12.3 Å². The lowest BCUT2D eigenvalue weighted by atomic mass is 10.3. The molecule has 1 amide bonds. The van der Waals surface area contributed by atoms with Crippen LogP contribution in [0.1, 0.15) is 39.6 Å². The summed E-state index contributed by atoms with van der Waals surface area (Å²) in [5.74, 6) is 1.17. The van der Waals surface area contributed by atoms with E-state index in [0.717, 1.165) is 16.6 Å². The van der Waals surface area contributed by atoms with E-state index in [1.807, 2.05) is 32.3 Å². The third kappa shape index (κ3) is 4.86. The maximum absolute atomic E-state index is 12.2. The maximum atomic E-state index is 12.2. The van der Waals surface area contributed by atoms with E-state index in [1.54, 1.807) is 4.90 Å². The molecule has 0 spiro atoms. The first-order valence-corrected chi connectivity index (χ1v) is 8.08. The van der Waals surface area contributed by atoms with Gasteiger partial charge in [0.15, 0.2) is 5.16 Å². The average Bonchev–Trinajstić information content (AvgIpc) is 2.84. The summed E-state index contributed by atoms with van der Waals surface area (Å²) in [6, 6.07) is 0.217. The standard InChI is InChI=1S/C14H25N5OS/c1-6-18(8-10(2)3)13(20)9-21-14-17-16-12(7-15)19(14)11(4)5/h11H,2,6-9,15H2,1,3-5H3. The molecule has 21 heavy (non-hydrogen) atoms. The minimum Gasteiger partial charge on any atom is -0.338 e. The summed E-state index contributed by atoms with van der Waals surface area (Å²) in [5.41, 5.74) is 6.64. The zero-order chi connectivity index (χ0) is 16.0. The van der Waals surface area contributed by atoms with Crippen molar-refractivity contribution < 1.29 is 4.79 Å². The van der Waals surface area contributed by atoms with Crippen LogP contribution in [0.2, 0.25) is 0 Å². The van der Waals surface area contributed by atoms with Gasteiger partial charge in [-0.1, -0.05) is 23.9 Å². The van der Waals surface area contributed by atoms with Crippen molar-refractivity contribution in [3.05, 3.63) is 18.0 Å². The van der Waals surface area contributed by atoms with Gasteiger partial charge < -0.3 is 15.2 Å². The number of nitrogens with zero attached hydrogens (tertiary/aromatic N) is 4. The Morgan fingerprint density at radius 2 is 2.14 bits per heavy atom. The van der Waals surface area contributed by atoms with E-state index in [1.165, 1.54) is 11.8 Å². The summed E-state index contributed by atoms with van der Waals surface area (Å²) >= 11 is 1.40. The zero-order valence-corrected chi connectivity index (χ0v) is 14.1. The van der Waals surface area contributed by atoms with Gasteiger partial charge in [-0.05, 0) is 27.7 Å². The van der Waals surface area contributed by atoms with Crippen molar-refractivity contribution in [3.63, 3.8) is 0 Å². The molecular formula is C14H25N5OS. The molecule has 0 saturated heterocycles. The van der Waals surface area contributed by atoms with E-state index >= 15 is 0 Å². The fraction of sp³-hybridized carbons (Fsp3) is 0.643. The number of amides is 1. The van der Waals surface area contributed by atoms with Gasteiger partial charge in [0, 0.05) is 19.1 Å². The van der Waals surface area contributed by atoms with Gasteiger partial charge >= 0.3 is 0 Å². The van der Waals surface area contributed by atoms with Crippen molar-refractivity contribution in [2.75, 3.05) is 18.8 Å². The van der Waals surface area contributed by atoms with Crippen LogP contribution in [-0.4, -0.2) is 44.4 Å². The second-order valence-corrected chi connectivity index (χ2v) is 6.16. The molecule has 1 rings (SSSR count). The number of thioether (sulfide) groups is 1. The van der Waals surface area contributed by atoms with Gasteiger partial charge in [0.25, 0.3) is 0 Å². The number of carbonyl (C=O) groups excluding carboxylic acids is 1. The normalized spacial score (nSPS) is 11.0. The van der Waals surface area contributed by atoms with E-state index in [-0.39, 0.29) is 11.9 Å². The zero-order valence-electron chi connectivity index (χ0n) is 13.3. The van der Waals surface area contributed by atoms with Crippen molar-refractivity contribution in [3.8, 4) is 0 Å². The molecule has 0 aliphatic heterocycles. The van der Waals surface area contributed by atoms with Gasteiger partial charge in [-0.25, -0.2) is 0 Å². The van der Waals surface area contributed by atoms with Crippen molar-refractivity contribution in [1.82, 2.24) is 19.7 Å². The summed E-state index contributed by atoms with van der Waals surface area (Å²) in [6.07, 6.45) is 0. The molecule has 1 heterocycles. The Balaban J connectivity index is 2.72. The van der Waals surface area contributed by atoms with E-state index in [9.17, 15) is 4.79 Å². The smallest absolute Gasteiger partial charge is 0.233 e. The molecular weight excluding hydrogens is 286 g/mol. The number of hydrogen-bond acceptors (Lipinski definition) is 5. The van der Waals surface area contributed by atoms with Crippen LogP contribution >= 0.6 is 11.8 Å². The van der Waals surface area contributed by atoms with Crippen LogP contribution in [0.3, 0.4) is 0 Å². The predicted molar refractivity (Wildman–Crippen MR) is 86.1 cm³/mol. The topological polar surface area (TPSA) is 77.0 Å². The lowest BCUT2D eigenvalue weighted by Gasteiger charge is -2.21. The fourth-order valence-corrected chi connectivity index (χ4v) is 2.97. The summed E-state index contributed by atoms with van der Waals surface area (Å²) in [4.78, 5) is 14.0. The number of likely N-dealkylation sites (N-methyl/N-ethyl adjacent to an activating group) is 1. The van der Waals surface area contributed by atoms with Crippen LogP contribution in [0.4, 0.5) is 0 Å². The van der Waals surface area contributed by atoms with Gasteiger partial charge in [-0.3, -0.25) is 4.79 Å². The van der Waals surface area contributed by atoms with Crippen LogP contribution in [0.5, 0.6) is 0 Å². The lowest BCUT2D eigenvalue weighted by molar-refractivity contribution is -0.127. The van der Waals surface area contributed by atoms with Crippen LogP contribution in [0.15, 0.2) is 17.3 Å². The molecule has 1 aromatic rings. The molecule has 0 saturated carbocycles. The van der Waals surface area contributed by atoms with Crippen molar-refractivity contribution in [1.29, 1.82) is 0 Å². The van der Waals surface area contributed by atoms with E-state index in [2.05, 4.69) is 16.8 Å². The highest BCUT2D eigenvalue weighted by atomic mass is 32.2. The molecule has 0 aliphatic rings. The molecule has 0 fully saturated rings. The van der Waals surface area contributed by atoms with Gasteiger partial charge in [0.1, 0.15) is 5.82 Å². The van der Waals surface area contributed by atoms with Crippen molar-refractivity contribution in [2.45, 2.75) is 45.4 Å². The van der Waals surface area contributed by atoms with Crippen LogP contribution in [-0.2, 0) is 11.3 Å². The molecule has 7 heteroatoms. The van der Waals surface area contributed by atoms with Crippen molar-refractivity contribution in [2.24, 2.45) is 5.73 Å². The van der Waals surface area contributed by atoms with E-state index in [0.29, 0.717) is 25.4 Å². The third-order valence-corrected chi connectivity index (χ3v) is 3.88. The minimum atomic E-state index is 0.0816. The van der Waals surface area contributed by atoms with Gasteiger partial charge in [-0.15, -0.1) is 10.2 Å². The fourth-order valence-electron chi connectivity index (χ4n) is 1.98. The number of nitrogens with two attached hydrogens (primary N) is 1. The first-order valence-electron chi connectivity index (χ1n) is 7.09. The number of rotatable bonds is 8. The number of carbonyl (C=O) groups is 1. The van der Waals surface area contributed by atoms with Crippen molar-refractivity contribution >= 4 is 17.7 Å². The van der Waals surface area contributed by atoms with Gasteiger partial charge in [-0.2, -0.15) is 0 Å². The van der Waals surface area contributed by atoms with E-state index < -0.39 is 0 Å². The number of hydrogen-bond donors (Lipinski definition) is 1. The largest absolute Gasteiger partial charge is 0.338 e. The Bertz CT molecular complexity index is 498. The summed E-state index contributed by atoms with van der Waals surface area (Å²) in [7, 11) is 0. The Labute approximate surface area is 130 Å². The third-order valence-electron chi connectivity index (χ3n) is 2.95. The van der Waals surface area contributed by atoms with Crippen LogP contribution in [0, 0.1) is 0 Å². The molecule has 0 atom stereocenters.